The molecular formula is C10H19NO3S. The van der Waals surface area contributed by atoms with E-state index in [0.29, 0.717) is 11.8 Å². The van der Waals surface area contributed by atoms with Gasteiger partial charge < -0.3 is 10.2 Å². The van der Waals surface area contributed by atoms with E-state index in [-0.39, 0.29) is 11.9 Å². The summed E-state index contributed by atoms with van der Waals surface area (Å²) in [6, 6.07) is 0.371. The van der Waals surface area contributed by atoms with Crippen LogP contribution in [0.1, 0.15) is 26.7 Å². The minimum atomic E-state index is -0.866. The highest BCUT2D eigenvalue weighted by atomic mass is 32.2. The first-order valence-corrected chi connectivity index (χ1v) is 6.26. The summed E-state index contributed by atoms with van der Waals surface area (Å²) >= 11 is 1.49. The molecule has 0 radical (unpaired) electrons. The van der Waals surface area contributed by atoms with Gasteiger partial charge in [0.1, 0.15) is 5.54 Å². The Morgan fingerprint density at radius 2 is 2.27 bits per heavy atom. The maximum atomic E-state index is 11.1. The predicted octanol–water partition coefficient (Wildman–Crippen LogP) is 0.696. The molecule has 4 nitrogen and oxygen atoms in total. The molecule has 0 aromatic carbocycles. The lowest BCUT2D eigenvalue weighted by molar-refractivity contribution is -0.143. The second kappa shape index (κ2) is 5.18. The summed E-state index contributed by atoms with van der Waals surface area (Å²) in [7, 11) is 0. The van der Waals surface area contributed by atoms with E-state index >= 15 is 0 Å². The average molecular weight is 233 g/mol. The Labute approximate surface area is 94.4 Å². The Morgan fingerprint density at radius 1 is 1.67 bits per heavy atom. The van der Waals surface area contributed by atoms with Crippen LogP contribution in [0.3, 0.4) is 0 Å². The molecule has 5 heteroatoms. The molecule has 0 saturated heterocycles. The highest BCUT2D eigenvalue weighted by molar-refractivity contribution is 8.00. The molecule has 1 aliphatic carbocycles. The van der Waals surface area contributed by atoms with Crippen LogP contribution >= 0.6 is 11.8 Å². The number of carbonyl (C=O) groups is 1. The molecule has 1 aliphatic rings. The number of carboxylic acids is 1. The third-order valence-corrected chi connectivity index (χ3v) is 3.95. The van der Waals surface area contributed by atoms with Crippen molar-refractivity contribution in [1.29, 1.82) is 0 Å². The van der Waals surface area contributed by atoms with Gasteiger partial charge >= 0.3 is 5.97 Å². The van der Waals surface area contributed by atoms with E-state index < -0.39 is 11.5 Å². The number of aliphatic carboxylic acids is 1. The number of aliphatic hydroxyl groups is 1. The van der Waals surface area contributed by atoms with Gasteiger partial charge in [0.15, 0.2) is 0 Å². The molecule has 1 fully saturated rings. The Bertz CT molecular complexity index is 233. The van der Waals surface area contributed by atoms with Crippen LogP contribution in [-0.4, -0.2) is 45.4 Å². The zero-order chi connectivity index (χ0) is 11.5. The number of hydrogen-bond donors (Lipinski definition) is 3. The minimum absolute atomic E-state index is 0.0871. The summed E-state index contributed by atoms with van der Waals surface area (Å²) in [6.45, 7) is 3.69. The summed E-state index contributed by atoms with van der Waals surface area (Å²) < 4.78 is 0. The summed E-state index contributed by atoms with van der Waals surface area (Å²) in [5.41, 5.74) is -0.866. The van der Waals surface area contributed by atoms with Crippen LogP contribution in [0.5, 0.6) is 0 Å². The first-order valence-electron chi connectivity index (χ1n) is 5.21. The molecule has 3 N–H and O–H groups in total. The quantitative estimate of drug-likeness (QED) is 0.604. The average Bonchev–Trinajstić information content (AvgIpc) is 2.97. The van der Waals surface area contributed by atoms with Gasteiger partial charge in [-0.05, 0) is 19.8 Å². The van der Waals surface area contributed by atoms with Crippen LogP contribution in [0.25, 0.3) is 0 Å². The lowest BCUT2D eigenvalue weighted by Gasteiger charge is -2.27. The van der Waals surface area contributed by atoms with Crippen molar-refractivity contribution in [2.45, 2.75) is 43.5 Å². The molecule has 0 aromatic rings. The lowest BCUT2D eigenvalue weighted by atomic mass is 10.1. The standard InChI is InChI=1S/C10H19NO3S/c1-7(5-12)15-6-10(2,9(13)14)11-8-3-4-8/h7-8,11-12H,3-6H2,1-2H3,(H,13,14). The molecule has 2 unspecified atom stereocenters. The molecule has 0 amide bonds. The fraction of sp³-hybridized carbons (Fsp3) is 0.900. The van der Waals surface area contributed by atoms with Gasteiger partial charge in [0.2, 0.25) is 0 Å². The topological polar surface area (TPSA) is 69.6 Å². The highest BCUT2D eigenvalue weighted by Crippen LogP contribution is 2.25. The molecule has 0 bridgehead atoms. The van der Waals surface area contributed by atoms with E-state index in [0.717, 1.165) is 12.8 Å². The van der Waals surface area contributed by atoms with Gasteiger partial charge in [-0.2, -0.15) is 11.8 Å². The van der Waals surface area contributed by atoms with Crippen LogP contribution in [0.2, 0.25) is 0 Å². The molecular weight excluding hydrogens is 214 g/mol. The fourth-order valence-electron chi connectivity index (χ4n) is 1.20. The minimum Gasteiger partial charge on any atom is -0.480 e. The van der Waals surface area contributed by atoms with Gasteiger partial charge in [-0.1, -0.05) is 6.92 Å². The Balaban J connectivity index is 2.44. The van der Waals surface area contributed by atoms with Gasteiger partial charge in [0.05, 0.1) is 6.61 Å². The number of thioether (sulfide) groups is 1. The number of aliphatic hydroxyl groups excluding tert-OH is 1. The van der Waals surface area contributed by atoms with E-state index in [1.807, 2.05) is 6.92 Å². The second-order valence-electron chi connectivity index (χ2n) is 4.36. The van der Waals surface area contributed by atoms with E-state index in [2.05, 4.69) is 5.32 Å². The van der Waals surface area contributed by atoms with Crippen LogP contribution in [-0.2, 0) is 4.79 Å². The largest absolute Gasteiger partial charge is 0.480 e. The zero-order valence-corrected chi connectivity index (χ0v) is 10.0. The van der Waals surface area contributed by atoms with Crippen molar-refractivity contribution in [3.63, 3.8) is 0 Å². The molecule has 1 rings (SSSR count). The van der Waals surface area contributed by atoms with Crippen molar-refractivity contribution < 1.29 is 15.0 Å². The third-order valence-electron chi connectivity index (χ3n) is 2.49. The SMILES string of the molecule is CC(CO)SCC(C)(NC1CC1)C(=O)O. The fourth-order valence-corrected chi connectivity index (χ4v) is 2.14. The normalized spacial score (nSPS) is 22.1. The Kier molecular flexibility index (Phi) is 4.43. The van der Waals surface area contributed by atoms with Gasteiger partial charge in [-0.3, -0.25) is 10.1 Å². The van der Waals surface area contributed by atoms with Gasteiger partial charge in [0, 0.05) is 17.0 Å². The van der Waals surface area contributed by atoms with Gasteiger partial charge in [-0.25, -0.2) is 0 Å². The molecule has 0 aliphatic heterocycles. The first-order chi connectivity index (χ1) is 6.98. The number of hydrogen-bond acceptors (Lipinski definition) is 4. The summed E-state index contributed by atoms with van der Waals surface area (Å²) in [5.74, 6) is -0.326. The molecule has 15 heavy (non-hydrogen) atoms. The van der Waals surface area contributed by atoms with Crippen LogP contribution < -0.4 is 5.32 Å². The van der Waals surface area contributed by atoms with Crippen molar-refractivity contribution in [2.75, 3.05) is 12.4 Å². The number of nitrogens with one attached hydrogen (secondary N) is 1. The van der Waals surface area contributed by atoms with Crippen molar-refractivity contribution in [3.8, 4) is 0 Å². The van der Waals surface area contributed by atoms with E-state index in [1.165, 1.54) is 11.8 Å². The van der Waals surface area contributed by atoms with E-state index in [1.54, 1.807) is 6.92 Å². The van der Waals surface area contributed by atoms with Crippen molar-refractivity contribution in [3.05, 3.63) is 0 Å². The van der Waals surface area contributed by atoms with E-state index in [4.69, 9.17) is 10.2 Å². The van der Waals surface area contributed by atoms with Crippen molar-refractivity contribution in [1.82, 2.24) is 5.32 Å². The summed E-state index contributed by atoms with van der Waals surface area (Å²) in [6.07, 6.45) is 2.15. The summed E-state index contributed by atoms with van der Waals surface area (Å²) in [4.78, 5) is 11.1. The maximum absolute atomic E-state index is 11.1. The monoisotopic (exact) mass is 233 g/mol. The van der Waals surface area contributed by atoms with Crippen LogP contribution in [0, 0.1) is 0 Å². The molecule has 88 valence electrons. The molecule has 0 spiro atoms. The molecule has 2 atom stereocenters. The van der Waals surface area contributed by atoms with Crippen molar-refractivity contribution in [2.24, 2.45) is 0 Å². The highest BCUT2D eigenvalue weighted by Gasteiger charge is 2.38. The Hall–Kier alpha value is -0.260. The Morgan fingerprint density at radius 3 is 2.67 bits per heavy atom. The molecule has 1 saturated carbocycles. The lowest BCUT2D eigenvalue weighted by Crippen LogP contribution is -2.53. The zero-order valence-electron chi connectivity index (χ0n) is 9.19. The van der Waals surface area contributed by atoms with Gasteiger partial charge in [-0.15, -0.1) is 0 Å². The van der Waals surface area contributed by atoms with Crippen molar-refractivity contribution >= 4 is 17.7 Å². The van der Waals surface area contributed by atoms with Crippen LogP contribution in [0.4, 0.5) is 0 Å². The predicted molar refractivity (Wildman–Crippen MR) is 61.2 cm³/mol. The molecule has 0 heterocycles. The van der Waals surface area contributed by atoms with E-state index in [9.17, 15) is 4.79 Å². The number of rotatable bonds is 7. The second-order valence-corrected chi connectivity index (χ2v) is 5.79. The van der Waals surface area contributed by atoms with Gasteiger partial charge in [0.25, 0.3) is 0 Å². The summed E-state index contributed by atoms with van der Waals surface area (Å²) in [5, 5.41) is 21.3. The van der Waals surface area contributed by atoms with Crippen LogP contribution in [0.15, 0.2) is 0 Å². The first kappa shape index (κ1) is 12.8. The molecule has 0 aromatic heterocycles. The number of carboxylic acid groups (broad SMARTS) is 1. The maximum Gasteiger partial charge on any atom is 0.324 e. The smallest absolute Gasteiger partial charge is 0.324 e. The third kappa shape index (κ3) is 4.01.